The van der Waals surface area contributed by atoms with E-state index in [4.69, 9.17) is 27.4 Å². The van der Waals surface area contributed by atoms with Gasteiger partial charge in [0.1, 0.15) is 36.3 Å². The summed E-state index contributed by atoms with van der Waals surface area (Å²) >= 11 is 0. The Morgan fingerprint density at radius 1 is 0.538 bits per heavy atom. The Kier molecular flexibility index (Phi) is 20.2. The predicted molar refractivity (Wildman–Crippen MR) is 182 cm³/mol. The summed E-state index contributed by atoms with van der Waals surface area (Å²) in [6, 6.07) is -9.80. The molecule has 294 valence electrons. The van der Waals surface area contributed by atoms with Crippen LogP contribution in [0.15, 0.2) is 0 Å². The average molecular weight is 744 g/mol. The maximum absolute atomic E-state index is 13.7. The Morgan fingerprint density at radius 2 is 0.981 bits per heavy atom. The first-order valence-electron chi connectivity index (χ1n) is 16.6. The first-order valence-corrected chi connectivity index (χ1v) is 16.6. The Labute approximate surface area is 300 Å². The zero-order valence-electron chi connectivity index (χ0n) is 30.1. The zero-order chi connectivity index (χ0) is 40.5. The Hall–Kier alpha value is -5.34. The molecule has 0 bridgehead atoms. The summed E-state index contributed by atoms with van der Waals surface area (Å²) in [6.45, 7) is 9.14. The second-order valence-electron chi connectivity index (χ2n) is 12.5. The Morgan fingerprint density at radius 3 is 1.42 bits per heavy atom. The fourth-order valence-electron chi connectivity index (χ4n) is 4.47. The number of nitrogens with two attached hydrogens (primary N) is 3. The van der Waals surface area contributed by atoms with E-state index in [-0.39, 0.29) is 12.8 Å². The van der Waals surface area contributed by atoms with Crippen molar-refractivity contribution in [2.45, 2.75) is 122 Å². The minimum absolute atomic E-state index is 0.306. The van der Waals surface area contributed by atoms with E-state index in [1.807, 2.05) is 0 Å². The molecule has 0 radical (unpaired) electrons. The number of aliphatic carboxylic acids is 2. The van der Waals surface area contributed by atoms with Crippen molar-refractivity contribution in [3.8, 4) is 0 Å². The van der Waals surface area contributed by atoms with E-state index in [1.54, 1.807) is 27.7 Å². The summed E-state index contributed by atoms with van der Waals surface area (Å²) in [6.07, 6.45) is -1.38. The lowest BCUT2D eigenvalue weighted by Gasteiger charge is -2.30. The van der Waals surface area contributed by atoms with Crippen molar-refractivity contribution in [3.63, 3.8) is 0 Å². The summed E-state index contributed by atoms with van der Waals surface area (Å²) in [4.78, 5) is 124. The van der Waals surface area contributed by atoms with E-state index < -0.39 is 126 Å². The molecule has 0 aromatic heterocycles. The third kappa shape index (κ3) is 16.6. The quantitative estimate of drug-likeness (QED) is 0.0450. The van der Waals surface area contributed by atoms with E-state index in [1.165, 1.54) is 6.92 Å². The molecule has 21 heteroatoms. The lowest BCUT2D eigenvalue weighted by molar-refractivity contribution is -0.142. The molecule has 0 fully saturated rings. The van der Waals surface area contributed by atoms with Crippen LogP contribution in [0.25, 0.3) is 0 Å². The highest BCUT2D eigenvalue weighted by Gasteiger charge is 2.36. The number of carboxylic acids is 2. The minimum Gasteiger partial charge on any atom is -0.481 e. The van der Waals surface area contributed by atoms with Gasteiger partial charge in [0, 0.05) is 6.42 Å². The summed E-state index contributed by atoms with van der Waals surface area (Å²) in [5, 5.41) is 32.2. The zero-order valence-corrected chi connectivity index (χ0v) is 30.1. The van der Waals surface area contributed by atoms with Crippen molar-refractivity contribution in [2.24, 2.45) is 29.0 Å². The van der Waals surface area contributed by atoms with E-state index in [0.717, 1.165) is 6.92 Å². The first-order chi connectivity index (χ1) is 24.0. The minimum atomic E-state index is -1.57. The van der Waals surface area contributed by atoms with Crippen molar-refractivity contribution in [1.29, 1.82) is 0 Å². The molecule has 0 saturated carbocycles. The van der Waals surface area contributed by atoms with Crippen LogP contribution < -0.4 is 49.1 Å². The largest absolute Gasteiger partial charge is 0.481 e. The molecule has 0 aliphatic carbocycles. The van der Waals surface area contributed by atoms with Crippen molar-refractivity contribution in [1.82, 2.24) is 31.9 Å². The van der Waals surface area contributed by atoms with Crippen LogP contribution in [-0.2, 0) is 47.9 Å². The molecule has 0 spiro atoms. The average Bonchev–Trinajstić information content (AvgIpc) is 3.05. The molecule has 0 rings (SSSR count). The summed E-state index contributed by atoms with van der Waals surface area (Å²) in [7, 11) is 0. The van der Waals surface area contributed by atoms with Gasteiger partial charge in [-0.15, -0.1) is 0 Å². The molecule has 21 nitrogen and oxygen atoms in total. The molecule has 0 heterocycles. The highest BCUT2D eigenvalue weighted by molar-refractivity contribution is 5.98. The molecule has 0 aromatic carbocycles. The van der Waals surface area contributed by atoms with E-state index in [0.29, 0.717) is 12.8 Å². The summed E-state index contributed by atoms with van der Waals surface area (Å²) in [5.74, 6) is -11.1. The van der Waals surface area contributed by atoms with Crippen LogP contribution in [0.3, 0.4) is 0 Å². The van der Waals surface area contributed by atoms with Gasteiger partial charge in [-0.3, -0.25) is 47.9 Å². The molecule has 9 atom stereocenters. The molecule has 8 amide bonds. The SMILES string of the molecule is CC[C@H](C)[C@H](NC(=O)[C@H](CCC(N)=O)NC(=O)[C@@H](N)CC(=O)O)C(=O)N[C@H](C(=O)N[C@@H](C)C(=O)N[C@@H](CC(N)=O)C(=O)N[C@@H](C)C(=O)O)[C@@H](C)CC. The van der Waals surface area contributed by atoms with Crippen molar-refractivity contribution in [3.05, 3.63) is 0 Å². The number of nitrogens with one attached hydrogen (secondary N) is 6. The van der Waals surface area contributed by atoms with Crippen LogP contribution in [-0.4, -0.2) is 112 Å². The van der Waals surface area contributed by atoms with Gasteiger partial charge in [-0.25, -0.2) is 0 Å². The van der Waals surface area contributed by atoms with Crippen molar-refractivity contribution >= 4 is 59.2 Å². The van der Waals surface area contributed by atoms with Gasteiger partial charge in [0.2, 0.25) is 47.3 Å². The fraction of sp³-hybridized carbons (Fsp3) is 0.677. The maximum Gasteiger partial charge on any atom is 0.325 e. The molecule has 14 N–H and O–H groups in total. The highest BCUT2D eigenvalue weighted by atomic mass is 16.4. The second kappa shape index (κ2) is 22.5. The molecular formula is C31H53N9O12. The normalized spacial score (nSPS) is 16.1. The number of carbonyl (C=O) groups excluding carboxylic acids is 8. The van der Waals surface area contributed by atoms with Gasteiger partial charge in [-0.2, -0.15) is 0 Å². The monoisotopic (exact) mass is 743 g/mol. The van der Waals surface area contributed by atoms with Gasteiger partial charge < -0.3 is 59.3 Å². The van der Waals surface area contributed by atoms with Crippen LogP contribution in [0.2, 0.25) is 0 Å². The summed E-state index contributed by atoms with van der Waals surface area (Å²) in [5.41, 5.74) is 16.0. The van der Waals surface area contributed by atoms with E-state index in [9.17, 15) is 47.9 Å². The van der Waals surface area contributed by atoms with Crippen LogP contribution >= 0.6 is 0 Å². The van der Waals surface area contributed by atoms with Gasteiger partial charge in [-0.1, -0.05) is 40.5 Å². The Bertz CT molecular complexity index is 1340. The highest BCUT2D eigenvalue weighted by Crippen LogP contribution is 2.13. The standard InChI is InChI=1S/C31H53N9O12/c1-7-13(3)23(29(49)35-15(5)25(45)38-19(12-21(34)42)28(48)36-16(6)31(51)52)40-30(50)24(14(4)8-2)39-27(47)18(9-10-20(33)41)37-26(46)17(32)11-22(43)44/h13-19,23-24H,7-12,32H2,1-6H3,(H2,33,41)(H2,34,42)(H,35,49)(H,36,48)(H,37,46)(H,38,45)(H,39,47)(H,40,50)(H,43,44)(H,51,52)/t13-,14-,15-,16-,17-,18-,19-,23-,24-/m0/s1. The van der Waals surface area contributed by atoms with E-state index in [2.05, 4.69) is 31.9 Å². The number of hydrogen-bond acceptors (Lipinski definition) is 11. The number of amides is 8. The van der Waals surface area contributed by atoms with Crippen LogP contribution in [0, 0.1) is 11.8 Å². The fourth-order valence-corrected chi connectivity index (χ4v) is 4.47. The molecule has 0 saturated heterocycles. The third-order valence-electron chi connectivity index (χ3n) is 8.15. The Balaban J connectivity index is 6.07. The van der Waals surface area contributed by atoms with Crippen molar-refractivity contribution in [2.75, 3.05) is 0 Å². The number of primary amides is 2. The van der Waals surface area contributed by atoms with Crippen LogP contribution in [0.4, 0.5) is 0 Å². The molecule has 0 aromatic rings. The lowest BCUT2D eigenvalue weighted by atomic mass is 9.94. The predicted octanol–water partition coefficient (Wildman–Crippen LogP) is -3.95. The van der Waals surface area contributed by atoms with Gasteiger partial charge >= 0.3 is 11.9 Å². The van der Waals surface area contributed by atoms with E-state index >= 15 is 0 Å². The summed E-state index contributed by atoms with van der Waals surface area (Å²) < 4.78 is 0. The van der Waals surface area contributed by atoms with Crippen LogP contribution in [0.5, 0.6) is 0 Å². The molecule has 0 unspecified atom stereocenters. The third-order valence-corrected chi connectivity index (χ3v) is 8.15. The molecular weight excluding hydrogens is 690 g/mol. The van der Waals surface area contributed by atoms with Crippen LogP contribution in [0.1, 0.15) is 80.1 Å². The number of hydrogen-bond donors (Lipinski definition) is 11. The molecule has 0 aliphatic heterocycles. The second-order valence-corrected chi connectivity index (χ2v) is 12.5. The van der Waals surface area contributed by atoms with Crippen molar-refractivity contribution < 1.29 is 58.2 Å². The van der Waals surface area contributed by atoms with Gasteiger partial charge in [-0.05, 0) is 32.1 Å². The van der Waals surface area contributed by atoms with Gasteiger partial charge in [0.15, 0.2) is 0 Å². The number of rotatable bonds is 24. The van der Waals surface area contributed by atoms with Gasteiger partial charge in [0.05, 0.1) is 18.9 Å². The first kappa shape index (κ1) is 46.7. The lowest BCUT2D eigenvalue weighted by Crippen LogP contribution is -2.61. The maximum atomic E-state index is 13.7. The van der Waals surface area contributed by atoms with Gasteiger partial charge in [0.25, 0.3) is 0 Å². The number of carboxylic acid groups (broad SMARTS) is 2. The smallest absolute Gasteiger partial charge is 0.325 e. The molecule has 0 aliphatic rings. The topological polar surface area (TPSA) is 361 Å². The molecule has 52 heavy (non-hydrogen) atoms. The number of carbonyl (C=O) groups is 10.